The first-order chi connectivity index (χ1) is 12.9. The molecule has 0 unspecified atom stereocenters. The van der Waals surface area contributed by atoms with Gasteiger partial charge < -0.3 is 14.7 Å². The Hall–Kier alpha value is -3.26. The van der Waals surface area contributed by atoms with Crippen LogP contribution in [0.5, 0.6) is 0 Å². The largest absolute Gasteiger partial charge is 0.478 e. The van der Waals surface area contributed by atoms with Gasteiger partial charge in [0.1, 0.15) is 5.65 Å². The fraction of sp³-hybridized carbons (Fsp3) is 0.111. The molecule has 0 atom stereocenters. The third kappa shape index (κ3) is 2.74. The van der Waals surface area contributed by atoms with Crippen molar-refractivity contribution in [2.45, 2.75) is 13.8 Å². The first-order valence-corrected chi connectivity index (χ1v) is 8.32. The summed E-state index contributed by atoms with van der Waals surface area (Å²) in [5, 5.41) is 10.6. The van der Waals surface area contributed by atoms with E-state index in [0.717, 1.165) is 5.39 Å². The number of hydrogen-bond donors (Lipinski definition) is 2. The number of allylic oxidation sites excluding steroid dienone is 1. The van der Waals surface area contributed by atoms with Gasteiger partial charge in [-0.25, -0.2) is 24.1 Å². The number of pyridine rings is 1. The van der Waals surface area contributed by atoms with E-state index in [1.165, 1.54) is 30.1 Å². The van der Waals surface area contributed by atoms with Gasteiger partial charge in [0.15, 0.2) is 17.3 Å². The molecule has 9 heteroatoms. The normalized spacial score (nSPS) is 12.6. The first kappa shape index (κ1) is 17.2. The maximum absolute atomic E-state index is 14.3. The Kier molecular flexibility index (Phi) is 3.92. The molecule has 27 heavy (non-hydrogen) atoms. The van der Waals surface area contributed by atoms with E-state index in [4.69, 9.17) is 11.6 Å². The van der Waals surface area contributed by atoms with E-state index >= 15 is 0 Å². The van der Waals surface area contributed by atoms with Gasteiger partial charge in [-0.1, -0.05) is 11.6 Å². The molecule has 0 amide bonds. The second kappa shape index (κ2) is 6.17. The number of carboxylic acid groups (broad SMARTS) is 1. The number of halogens is 2. The Labute approximate surface area is 157 Å². The lowest BCUT2D eigenvalue weighted by atomic mass is 10.2. The van der Waals surface area contributed by atoms with Crippen LogP contribution >= 0.6 is 11.6 Å². The van der Waals surface area contributed by atoms with Crippen molar-refractivity contribution >= 4 is 45.3 Å². The molecule has 4 aromatic rings. The molecule has 4 heterocycles. The van der Waals surface area contributed by atoms with Gasteiger partial charge in [0.25, 0.3) is 0 Å². The van der Waals surface area contributed by atoms with Crippen LogP contribution < -0.4 is 0 Å². The fourth-order valence-corrected chi connectivity index (χ4v) is 3.01. The van der Waals surface area contributed by atoms with Crippen molar-refractivity contribution in [3.05, 3.63) is 47.3 Å². The van der Waals surface area contributed by atoms with Gasteiger partial charge >= 0.3 is 5.97 Å². The molecule has 0 spiro atoms. The SMILES string of the molecule is C/C(C(=O)O)=C(\C)n1cc(F)c2cnc(-c3c[nH]c4ncc(Cl)cc34)nc21. The minimum absolute atomic E-state index is 0.0927. The van der Waals surface area contributed by atoms with Crippen molar-refractivity contribution < 1.29 is 14.3 Å². The third-order valence-electron chi connectivity index (χ3n) is 4.46. The van der Waals surface area contributed by atoms with E-state index in [0.29, 0.717) is 27.8 Å². The molecular weight excluding hydrogens is 373 g/mol. The van der Waals surface area contributed by atoms with Crippen molar-refractivity contribution in [3.8, 4) is 11.4 Å². The Morgan fingerprint density at radius 1 is 1.26 bits per heavy atom. The van der Waals surface area contributed by atoms with Crippen LogP contribution in [0.3, 0.4) is 0 Å². The van der Waals surface area contributed by atoms with Crippen LogP contribution in [0.1, 0.15) is 13.8 Å². The highest BCUT2D eigenvalue weighted by Gasteiger charge is 2.17. The Balaban J connectivity index is 1.97. The maximum Gasteiger partial charge on any atom is 0.333 e. The van der Waals surface area contributed by atoms with Crippen molar-refractivity contribution in [1.29, 1.82) is 0 Å². The summed E-state index contributed by atoms with van der Waals surface area (Å²) in [5.41, 5.74) is 2.02. The number of carboxylic acids is 1. The third-order valence-corrected chi connectivity index (χ3v) is 4.67. The van der Waals surface area contributed by atoms with E-state index in [9.17, 15) is 14.3 Å². The first-order valence-electron chi connectivity index (χ1n) is 7.94. The summed E-state index contributed by atoms with van der Waals surface area (Å²) >= 11 is 6.03. The zero-order chi connectivity index (χ0) is 19.3. The van der Waals surface area contributed by atoms with E-state index < -0.39 is 11.8 Å². The van der Waals surface area contributed by atoms with Gasteiger partial charge in [0.2, 0.25) is 0 Å². The zero-order valence-electron chi connectivity index (χ0n) is 14.3. The quantitative estimate of drug-likeness (QED) is 0.517. The lowest BCUT2D eigenvalue weighted by molar-refractivity contribution is -0.132. The molecule has 0 saturated heterocycles. The van der Waals surface area contributed by atoms with Crippen LogP contribution in [0, 0.1) is 5.82 Å². The van der Waals surface area contributed by atoms with Crippen LogP contribution in [0.2, 0.25) is 5.02 Å². The molecule has 0 aliphatic carbocycles. The monoisotopic (exact) mass is 385 g/mol. The minimum atomic E-state index is -1.08. The number of aromatic amines is 1. The van der Waals surface area contributed by atoms with Crippen LogP contribution in [0.4, 0.5) is 4.39 Å². The Morgan fingerprint density at radius 2 is 2.04 bits per heavy atom. The lowest BCUT2D eigenvalue weighted by Crippen LogP contribution is -2.04. The van der Waals surface area contributed by atoms with Crippen molar-refractivity contribution in [2.24, 2.45) is 0 Å². The van der Waals surface area contributed by atoms with E-state index in [2.05, 4.69) is 19.9 Å². The summed E-state index contributed by atoms with van der Waals surface area (Å²) in [5.74, 6) is -1.27. The van der Waals surface area contributed by atoms with Gasteiger partial charge in [-0.15, -0.1) is 0 Å². The molecule has 0 radical (unpaired) electrons. The summed E-state index contributed by atoms with van der Waals surface area (Å²) in [4.78, 5) is 27.2. The number of carbonyl (C=O) groups is 1. The summed E-state index contributed by atoms with van der Waals surface area (Å²) < 4.78 is 15.7. The number of H-pyrrole nitrogens is 1. The highest BCUT2D eigenvalue weighted by atomic mass is 35.5. The molecule has 4 rings (SSSR count). The molecule has 2 N–H and O–H groups in total. The topological polar surface area (TPSA) is 96.7 Å². The molecule has 0 aliphatic rings. The minimum Gasteiger partial charge on any atom is -0.478 e. The molecule has 0 saturated carbocycles. The van der Waals surface area contributed by atoms with Gasteiger partial charge in [-0.2, -0.15) is 0 Å². The molecule has 0 bridgehead atoms. The van der Waals surface area contributed by atoms with Crippen molar-refractivity contribution in [3.63, 3.8) is 0 Å². The predicted octanol–water partition coefficient (Wildman–Crippen LogP) is 4.10. The number of hydrogen-bond acceptors (Lipinski definition) is 4. The summed E-state index contributed by atoms with van der Waals surface area (Å²) in [6, 6.07) is 1.74. The molecule has 0 fully saturated rings. The van der Waals surface area contributed by atoms with E-state index in [1.54, 1.807) is 19.2 Å². The smallest absolute Gasteiger partial charge is 0.333 e. The second-order valence-electron chi connectivity index (χ2n) is 6.05. The van der Waals surface area contributed by atoms with Crippen molar-refractivity contribution in [2.75, 3.05) is 0 Å². The molecule has 136 valence electrons. The highest BCUT2D eigenvalue weighted by molar-refractivity contribution is 6.31. The van der Waals surface area contributed by atoms with Crippen LogP contribution in [0.15, 0.2) is 36.4 Å². The Morgan fingerprint density at radius 3 is 2.78 bits per heavy atom. The summed E-state index contributed by atoms with van der Waals surface area (Å²) in [6.07, 6.45) is 5.81. The molecule has 0 aromatic carbocycles. The van der Waals surface area contributed by atoms with Crippen molar-refractivity contribution in [1.82, 2.24) is 24.5 Å². The lowest BCUT2D eigenvalue weighted by Gasteiger charge is -2.07. The Bertz CT molecular complexity index is 1260. The molecule has 7 nitrogen and oxygen atoms in total. The van der Waals surface area contributed by atoms with Gasteiger partial charge in [0, 0.05) is 41.4 Å². The van der Waals surface area contributed by atoms with E-state index in [-0.39, 0.29) is 16.6 Å². The van der Waals surface area contributed by atoms with Crippen LogP contribution in [0.25, 0.3) is 39.2 Å². The number of nitrogens with one attached hydrogen (secondary N) is 1. The number of nitrogens with zero attached hydrogens (tertiary/aromatic N) is 4. The van der Waals surface area contributed by atoms with Gasteiger partial charge in [0.05, 0.1) is 16.0 Å². The van der Waals surface area contributed by atoms with E-state index in [1.807, 2.05) is 0 Å². The zero-order valence-corrected chi connectivity index (χ0v) is 15.0. The average Bonchev–Trinajstić information content (AvgIpc) is 3.21. The summed E-state index contributed by atoms with van der Waals surface area (Å²) in [7, 11) is 0. The number of aliphatic carboxylic acids is 1. The predicted molar refractivity (Wildman–Crippen MR) is 99.8 cm³/mol. The highest BCUT2D eigenvalue weighted by Crippen LogP contribution is 2.30. The second-order valence-corrected chi connectivity index (χ2v) is 6.48. The standard InChI is InChI=1S/C18H13ClFN5O2/c1-8(18(26)27)9(2)25-7-14(20)13-6-23-16(24-17(13)25)12-5-22-15-11(12)3-10(19)4-21-15/h3-7H,1-2H3,(H,21,22)(H,26,27)/b9-8-. The average molecular weight is 386 g/mol. The van der Waals surface area contributed by atoms with Crippen LogP contribution in [-0.2, 0) is 4.79 Å². The summed E-state index contributed by atoms with van der Waals surface area (Å²) in [6.45, 7) is 3.05. The van der Waals surface area contributed by atoms with Crippen LogP contribution in [-0.4, -0.2) is 35.6 Å². The van der Waals surface area contributed by atoms with Gasteiger partial charge in [-0.05, 0) is 19.9 Å². The maximum atomic E-state index is 14.3. The fourth-order valence-electron chi connectivity index (χ4n) is 2.85. The molecule has 0 aliphatic heterocycles. The molecule has 4 aromatic heterocycles. The number of fused-ring (bicyclic) bond motifs is 2. The molecular formula is C18H13ClFN5O2. The van der Waals surface area contributed by atoms with Gasteiger partial charge in [-0.3, -0.25) is 0 Å². The number of aromatic nitrogens is 5. The number of rotatable bonds is 3.